The van der Waals surface area contributed by atoms with Crippen LogP contribution in [0, 0.1) is 0 Å². The van der Waals surface area contributed by atoms with E-state index in [-0.39, 0.29) is 0 Å². The van der Waals surface area contributed by atoms with E-state index in [1.54, 1.807) is 7.11 Å². The molecule has 0 saturated heterocycles. The summed E-state index contributed by atoms with van der Waals surface area (Å²) in [6.45, 7) is 4.56. The minimum absolute atomic E-state index is 0.579. The fraction of sp³-hybridized carbons (Fsp3) is 0.538. The molecule has 1 aromatic carbocycles. The molecule has 0 aliphatic heterocycles. The van der Waals surface area contributed by atoms with Crippen molar-refractivity contribution in [2.75, 3.05) is 33.5 Å². The summed E-state index contributed by atoms with van der Waals surface area (Å²) in [6, 6.07) is 8.16. The Labute approximate surface area is 97.3 Å². The zero-order chi connectivity index (χ0) is 11.6. The lowest BCUT2D eigenvalue weighted by molar-refractivity contribution is 0.0544. The summed E-state index contributed by atoms with van der Waals surface area (Å²) < 4.78 is 15.7. The highest BCUT2D eigenvalue weighted by atomic mass is 16.5. The molecule has 0 saturated carbocycles. The molecule has 1 rings (SSSR count). The van der Waals surface area contributed by atoms with Crippen LogP contribution in [0.25, 0.3) is 0 Å². The number of benzene rings is 1. The van der Waals surface area contributed by atoms with E-state index in [0.717, 1.165) is 12.2 Å². The molecule has 16 heavy (non-hydrogen) atoms. The number of rotatable bonds is 8. The molecule has 0 aliphatic rings. The average molecular weight is 224 g/mol. The monoisotopic (exact) mass is 224 g/mol. The first-order valence-electron chi connectivity index (χ1n) is 5.65. The van der Waals surface area contributed by atoms with Gasteiger partial charge in [0.25, 0.3) is 0 Å². The first-order chi connectivity index (χ1) is 7.86. The van der Waals surface area contributed by atoms with Crippen LogP contribution in [0.2, 0.25) is 0 Å². The molecule has 0 atom stereocenters. The SMILES string of the molecule is CCc1ccc(OCCOCCOC)cc1. The summed E-state index contributed by atoms with van der Waals surface area (Å²) in [5, 5.41) is 0. The molecule has 90 valence electrons. The van der Waals surface area contributed by atoms with Gasteiger partial charge in [0.1, 0.15) is 12.4 Å². The fourth-order valence-electron chi connectivity index (χ4n) is 1.28. The predicted octanol–water partition coefficient (Wildman–Crippen LogP) is 2.29. The van der Waals surface area contributed by atoms with E-state index >= 15 is 0 Å². The van der Waals surface area contributed by atoms with Gasteiger partial charge in [-0.05, 0) is 24.1 Å². The molecule has 0 radical (unpaired) electrons. The summed E-state index contributed by atoms with van der Waals surface area (Å²) >= 11 is 0. The summed E-state index contributed by atoms with van der Waals surface area (Å²) in [4.78, 5) is 0. The van der Waals surface area contributed by atoms with Crippen LogP contribution in [0.5, 0.6) is 5.75 Å². The van der Waals surface area contributed by atoms with Crippen LogP contribution in [0.1, 0.15) is 12.5 Å². The second kappa shape index (κ2) is 8.13. The van der Waals surface area contributed by atoms with Crippen molar-refractivity contribution >= 4 is 0 Å². The maximum atomic E-state index is 5.52. The van der Waals surface area contributed by atoms with Crippen molar-refractivity contribution in [3.63, 3.8) is 0 Å². The van der Waals surface area contributed by atoms with Gasteiger partial charge in [-0.1, -0.05) is 19.1 Å². The highest BCUT2D eigenvalue weighted by Gasteiger charge is 1.94. The van der Waals surface area contributed by atoms with E-state index in [9.17, 15) is 0 Å². The Hall–Kier alpha value is -1.06. The quantitative estimate of drug-likeness (QED) is 0.634. The van der Waals surface area contributed by atoms with Gasteiger partial charge in [-0.2, -0.15) is 0 Å². The molecule has 0 bridgehead atoms. The molecule has 0 aromatic heterocycles. The lowest BCUT2D eigenvalue weighted by atomic mass is 10.2. The van der Waals surface area contributed by atoms with Crippen LogP contribution in [0.15, 0.2) is 24.3 Å². The molecule has 0 aliphatic carbocycles. The van der Waals surface area contributed by atoms with Crippen molar-refractivity contribution in [2.45, 2.75) is 13.3 Å². The maximum absolute atomic E-state index is 5.52. The maximum Gasteiger partial charge on any atom is 0.119 e. The number of hydrogen-bond donors (Lipinski definition) is 0. The first kappa shape index (κ1) is 13.0. The molecular weight excluding hydrogens is 204 g/mol. The molecule has 0 heterocycles. The Morgan fingerprint density at radius 2 is 1.62 bits per heavy atom. The lowest BCUT2D eigenvalue weighted by Crippen LogP contribution is -2.09. The summed E-state index contributed by atoms with van der Waals surface area (Å²) in [6.07, 6.45) is 1.06. The van der Waals surface area contributed by atoms with Crippen LogP contribution in [-0.4, -0.2) is 33.5 Å². The first-order valence-corrected chi connectivity index (χ1v) is 5.65. The zero-order valence-corrected chi connectivity index (χ0v) is 10.1. The van der Waals surface area contributed by atoms with Crippen molar-refractivity contribution in [3.8, 4) is 5.75 Å². The van der Waals surface area contributed by atoms with Gasteiger partial charge in [0.2, 0.25) is 0 Å². The van der Waals surface area contributed by atoms with Crippen molar-refractivity contribution in [2.24, 2.45) is 0 Å². The van der Waals surface area contributed by atoms with Gasteiger partial charge in [0.05, 0.1) is 19.8 Å². The minimum atomic E-state index is 0.579. The Morgan fingerprint density at radius 3 is 2.25 bits per heavy atom. The van der Waals surface area contributed by atoms with Crippen LogP contribution in [0.3, 0.4) is 0 Å². The predicted molar refractivity (Wildman–Crippen MR) is 64.0 cm³/mol. The Kier molecular flexibility index (Phi) is 6.61. The normalized spacial score (nSPS) is 10.4. The summed E-state index contributed by atoms with van der Waals surface area (Å²) in [5.41, 5.74) is 1.32. The third-order valence-corrected chi connectivity index (χ3v) is 2.26. The molecule has 3 heteroatoms. The van der Waals surface area contributed by atoms with Gasteiger partial charge < -0.3 is 14.2 Å². The van der Waals surface area contributed by atoms with Gasteiger partial charge in [-0.15, -0.1) is 0 Å². The second-order valence-corrected chi connectivity index (χ2v) is 3.45. The van der Waals surface area contributed by atoms with E-state index in [2.05, 4.69) is 19.1 Å². The molecule has 3 nitrogen and oxygen atoms in total. The molecule has 0 amide bonds. The number of ether oxygens (including phenoxy) is 3. The molecule has 0 fully saturated rings. The average Bonchev–Trinajstić information content (AvgIpc) is 2.34. The second-order valence-electron chi connectivity index (χ2n) is 3.45. The third-order valence-electron chi connectivity index (χ3n) is 2.26. The van der Waals surface area contributed by atoms with Crippen LogP contribution in [0.4, 0.5) is 0 Å². The van der Waals surface area contributed by atoms with Crippen molar-refractivity contribution in [1.82, 2.24) is 0 Å². The minimum Gasteiger partial charge on any atom is -0.491 e. The lowest BCUT2D eigenvalue weighted by Gasteiger charge is -2.07. The van der Waals surface area contributed by atoms with Gasteiger partial charge in [0, 0.05) is 7.11 Å². The topological polar surface area (TPSA) is 27.7 Å². The molecule has 0 N–H and O–H groups in total. The third kappa shape index (κ3) is 5.14. The van der Waals surface area contributed by atoms with Crippen molar-refractivity contribution < 1.29 is 14.2 Å². The van der Waals surface area contributed by atoms with Gasteiger partial charge in [0.15, 0.2) is 0 Å². The smallest absolute Gasteiger partial charge is 0.119 e. The highest BCUT2D eigenvalue weighted by molar-refractivity contribution is 5.27. The van der Waals surface area contributed by atoms with E-state index < -0.39 is 0 Å². The van der Waals surface area contributed by atoms with Crippen LogP contribution >= 0.6 is 0 Å². The summed E-state index contributed by atoms with van der Waals surface area (Å²) in [7, 11) is 1.66. The fourth-order valence-corrected chi connectivity index (χ4v) is 1.28. The van der Waals surface area contributed by atoms with Gasteiger partial charge in [-0.25, -0.2) is 0 Å². The Morgan fingerprint density at radius 1 is 0.938 bits per heavy atom. The van der Waals surface area contributed by atoms with E-state index in [4.69, 9.17) is 14.2 Å². The Bertz CT molecular complexity index is 269. The molecule has 1 aromatic rings. The van der Waals surface area contributed by atoms with Gasteiger partial charge in [-0.3, -0.25) is 0 Å². The number of methoxy groups -OCH3 is 1. The molecule has 0 spiro atoms. The van der Waals surface area contributed by atoms with Crippen molar-refractivity contribution in [1.29, 1.82) is 0 Å². The van der Waals surface area contributed by atoms with Gasteiger partial charge >= 0.3 is 0 Å². The molecular formula is C13H20O3. The van der Waals surface area contributed by atoms with E-state index in [1.807, 2.05) is 12.1 Å². The van der Waals surface area contributed by atoms with Crippen molar-refractivity contribution in [3.05, 3.63) is 29.8 Å². The number of aryl methyl sites for hydroxylation is 1. The largest absolute Gasteiger partial charge is 0.491 e. The highest BCUT2D eigenvalue weighted by Crippen LogP contribution is 2.12. The van der Waals surface area contributed by atoms with Crippen LogP contribution in [-0.2, 0) is 15.9 Å². The summed E-state index contributed by atoms with van der Waals surface area (Å²) in [5.74, 6) is 0.896. The van der Waals surface area contributed by atoms with Crippen LogP contribution < -0.4 is 4.74 Å². The number of hydrogen-bond acceptors (Lipinski definition) is 3. The molecule has 0 unspecified atom stereocenters. The standard InChI is InChI=1S/C13H20O3/c1-3-12-4-6-13(7-5-12)16-11-10-15-9-8-14-2/h4-7H,3,8-11H2,1-2H3. The van der Waals surface area contributed by atoms with E-state index in [0.29, 0.717) is 26.4 Å². The van der Waals surface area contributed by atoms with E-state index in [1.165, 1.54) is 5.56 Å². The zero-order valence-electron chi connectivity index (χ0n) is 10.1. The Balaban J connectivity index is 2.12.